The molecule has 0 saturated heterocycles. The van der Waals surface area contributed by atoms with Crippen molar-refractivity contribution in [1.29, 1.82) is 0 Å². The molecule has 0 fully saturated rings. The zero-order valence-electron chi connectivity index (χ0n) is 13.8. The van der Waals surface area contributed by atoms with Crippen molar-refractivity contribution >= 4 is 11.7 Å². The predicted molar refractivity (Wildman–Crippen MR) is 92.2 cm³/mol. The predicted octanol–water partition coefficient (Wildman–Crippen LogP) is 2.46. The zero-order valence-corrected chi connectivity index (χ0v) is 13.8. The highest BCUT2D eigenvalue weighted by molar-refractivity contribution is 5.89. The fourth-order valence-corrected chi connectivity index (χ4v) is 2.32. The minimum absolute atomic E-state index is 0.0104. The van der Waals surface area contributed by atoms with Gasteiger partial charge in [0, 0.05) is 18.2 Å². The van der Waals surface area contributed by atoms with Gasteiger partial charge < -0.3 is 15.2 Å². The van der Waals surface area contributed by atoms with E-state index in [2.05, 4.69) is 5.32 Å². The Balaban J connectivity index is 1.89. The first-order valence-electron chi connectivity index (χ1n) is 7.84. The number of esters is 1. The van der Waals surface area contributed by atoms with Gasteiger partial charge in [0.25, 0.3) is 5.69 Å². The molecule has 0 amide bonds. The van der Waals surface area contributed by atoms with Crippen molar-refractivity contribution in [2.75, 3.05) is 13.2 Å². The summed E-state index contributed by atoms with van der Waals surface area (Å²) in [4.78, 5) is 22.1. The van der Waals surface area contributed by atoms with Gasteiger partial charge in [-0.15, -0.1) is 0 Å². The van der Waals surface area contributed by atoms with Crippen LogP contribution in [0.3, 0.4) is 0 Å². The number of hydrogen-bond donors (Lipinski definition) is 2. The molecule has 0 heterocycles. The molecule has 132 valence electrons. The molecule has 7 nitrogen and oxygen atoms in total. The van der Waals surface area contributed by atoms with Crippen LogP contribution in [0.1, 0.15) is 28.9 Å². The summed E-state index contributed by atoms with van der Waals surface area (Å²) in [6.45, 7) is 1.75. The van der Waals surface area contributed by atoms with E-state index >= 15 is 0 Å². The molecule has 2 N–H and O–H groups in total. The maximum atomic E-state index is 12.0. The molecule has 0 aliphatic rings. The van der Waals surface area contributed by atoms with E-state index in [1.165, 1.54) is 24.3 Å². The number of rotatable bonds is 8. The molecule has 0 aromatic heterocycles. The van der Waals surface area contributed by atoms with Crippen LogP contribution >= 0.6 is 0 Å². The van der Waals surface area contributed by atoms with Gasteiger partial charge in [-0.05, 0) is 24.6 Å². The van der Waals surface area contributed by atoms with Gasteiger partial charge in [-0.2, -0.15) is 0 Å². The van der Waals surface area contributed by atoms with Crippen LogP contribution in [0.15, 0.2) is 54.6 Å². The third-order valence-electron chi connectivity index (χ3n) is 3.74. The van der Waals surface area contributed by atoms with Crippen molar-refractivity contribution in [3.05, 3.63) is 75.8 Å². The number of ether oxygens (including phenoxy) is 1. The van der Waals surface area contributed by atoms with Gasteiger partial charge in [0.05, 0.1) is 23.1 Å². The minimum Gasteiger partial charge on any atom is -0.460 e. The molecule has 0 aliphatic heterocycles. The number of aliphatic hydroxyl groups is 1. The van der Waals surface area contributed by atoms with Crippen molar-refractivity contribution in [2.24, 2.45) is 0 Å². The lowest BCUT2D eigenvalue weighted by Gasteiger charge is -2.22. The van der Waals surface area contributed by atoms with E-state index in [1.54, 1.807) is 0 Å². The second-order valence-corrected chi connectivity index (χ2v) is 5.58. The Bertz CT molecular complexity index is 703. The average molecular weight is 344 g/mol. The molecule has 2 aromatic carbocycles. The van der Waals surface area contributed by atoms with Gasteiger partial charge in [0.1, 0.15) is 6.61 Å². The van der Waals surface area contributed by atoms with Gasteiger partial charge in [-0.25, -0.2) is 4.79 Å². The third-order valence-corrected chi connectivity index (χ3v) is 3.74. The topological polar surface area (TPSA) is 102 Å². The third kappa shape index (κ3) is 5.37. The molecule has 25 heavy (non-hydrogen) atoms. The maximum Gasteiger partial charge on any atom is 0.338 e. The molecule has 0 radical (unpaired) electrons. The van der Waals surface area contributed by atoms with E-state index < -0.39 is 16.9 Å². The molecule has 0 aliphatic carbocycles. The number of nitrogens with one attached hydrogen (secondary N) is 1. The SMILES string of the molecule is C[C@@H](N[C@H](CO)COC(=O)c1ccc([N+](=O)[O-])cc1)c1ccccc1. The largest absolute Gasteiger partial charge is 0.460 e. The zero-order chi connectivity index (χ0) is 18.2. The number of carbonyl (C=O) groups is 1. The van der Waals surface area contributed by atoms with E-state index in [-0.39, 0.29) is 30.5 Å². The van der Waals surface area contributed by atoms with Crippen molar-refractivity contribution in [3.8, 4) is 0 Å². The molecule has 0 spiro atoms. The van der Waals surface area contributed by atoms with Crippen LogP contribution in [-0.2, 0) is 4.74 Å². The van der Waals surface area contributed by atoms with Gasteiger partial charge in [-0.3, -0.25) is 10.1 Å². The first-order valence-corrected chi connectivity index (χ1v) is 7.84. The quantitative estimate of drug-likeness (QED) is 0.433. The smallest absolute Gasteiger partial charge is 0.338 e. The van der Waals surface area contributed by atoms with E-state index in [0.717, 1.165) is 5.56 Å². The summed E-state index contributed by atoms with van der Waals surface area (Å²) in [5, 5.41) is 23.3. The van der Waals surface area contributed by atoms with Gasteiger partial charge in [0.2, 0.25) is 0 Å². The number of benzene rings is 2. The summed E-state index contributed by atoms with van der Waals surface area (Å²) in [5.41, 5.74) is 1.18. The Kier molecular flexibility index (Phi) is 6.62. The summed E-state index contributed by atoms with van der Waals surface area (Å²) in [7, 11) is 0. The van der Waals surface area contributed by atoms with Crippen molar-refractivity contribution in [1.82, 2.24) is 5.32 Å². The van der Waals surface area contributed by atoms with E-state index in [1.807, 2.05) is 37.3 Å². The second-order valence-electron chi connectivity index (χ2n) is 5.58. The molecule has 0 saturated carbocycles. The second kappa shape index (κ2) is 8.91. The summed E-state index contributed by atoms with van der Waals surface area (Å²) < 4.78 is 5.19. The van der Waals surface area contributed by atoms with E-state index in [9.17, 15) is 20.0 Å². The number of non-ortho nitro benzene ring substituents is 1. The molecule has 2 aromatic rings. The lowest BCUT2D eigenvalue weighted by atomic mass is 10.1. The number of hydrogen-bond acceptors (Lipinski definition) is 6. The normalized spacial score (nSPS) is 13.0. The average Bonchev–Trinajstić information content (AvgIpc) is 2.65. The molecule has 2 atom stereocenters. The Morgan fingerprint density at radius 2 is 1.84 bits per heavy atom. The van der Waals surface area contributed by atoms with Crippen molar-refractivity contribution in [3.63, 3.8) is 0 Å². The van der Waals surface area contributed by atoms with E-state index in [4.69, 9.17) is 4.74 Å². The fourth-order valence-electron chi connectivity index (χ4n) is 2.32. The first-order chi connectivity index (χ1) is 12.0. The van der Waals surface area contributed by atoms with Crippen molar-refractivity contribution < 1.29 is 19.6 Å². The number of carbonyl (C=O) groups excluding carboxylic acids is 1. The van der Waals surface area contributed by atoms with Gasteiger partial charge in [-0.1, -0.05) is 30.3 Å². The minimum atomic E-state index is -0.595. The maximum absolute atomic E-state index is 12.0. The fraction of sp³-hybridized carbons (Fsp3) is 0.278. The van der Waals surface area contributed by atoms with Gasteiger partial charge in [0.15, 0.2) is 0 Å². The lowest BCUT2D eigenvalue weighted by molar-refractivity contribution is -0.384. The Morgan fingerprint density at radius 3 is 2.40 bits per heavy atom. The summed E-state index contributed by atoms with van der Waals surface area (Å²) in [6, 6.07) is 14.4. The molecule has 2 rings (SSSR count). The van der Waals surface area contributed by atoms with Crippen LogP contribution in [0.5, 0.6) is 0 Å². The van der Waals surface area contributed by atoms with Crippen molar-refractivity contribution in [2.45, 2.75) is 19.0 Å². The molecule has 0 bridgehead atoms. The van der Waals surface area contributed by atoms with Crippen LogP contribution in [-0.4, -0.2) is 35.3 Å². The van der Waals surface area contributed by atoms with Crippen LogP contribution in [0.4, 0.5) is 5.69 Å². The van der Waals surface area contributed by atoms with Crippen LogP contribution in [0.25, 0.3) is 0 Å². The van der Waals surface area contributed by atoms with Crippen LogP contribution in [0.2, 0.25) is 0 Å². The van der Waals surface area contributed by atoms with E-state index in [0.29, 0.717) is 0 Å². The highest BCUT2D eigenvalue weighted by atomic mass is 16.6. The van der Waals surface area contributed by atoms with Crippen LogP contribution in [0, 0.1) is 10.1 Å². The summed E-state index contributed by atoms with van der Waals surface area (Å²) in [6.07, 6.45) is 0. The van der Waals surface area contributed by atoms with Crippen LogP contribution < -0.4 is 5.32 Å². The summed E-state index contributed by atoms with van der Waals surface area (Å²) >= 11 is 0. The number of nitro groups is 1. The Morgan fingerprint density at radius 1 is 1.20 bits per heavy atom. The molecular formula is C18H20N2O5. The Hall–Kier alpha value is -2.77. The Labute approximate surface area is 145 Å². The standard InChI is InChI=1S/C18H20N2O5/c1-13(14-5-3-2-4-6-14)19-16(11-21)12-25-18(22)15-7-9-17(10-8-15)20(23)24/h2-10,13,16,19,21H,11-12H2,1H3/t13-,16-/m1/s1. The molecule has 0 unspecified atom stereocenters. The van der Waals surface area contributed by atoms with Gasteiger partial charge >= 0.3 is 5.97 Å². The number of nitro benzene ring substituents is 1. The molecule has 7 heteroatoms. The lowest BCUT2D eigenvalue weighted by Crippen LogP contribution is -2.39. The highest BCUT2D eigenvalue weighted by Crippen LogP contribution is 2.14. The number of aliphatic hydroxyl groups excluding tert-OH is 1. The molecular weight excluding hydrogens is 324 g/mol. The highest BCUT2D eigenvalue weighted by Gasteiger charge is 2.16. The number of nitrogens with zero attached hydrogens (tertiary/aromatic N) is 1. The monoisotopic (exact) mass is 344 g/mol. The summed E-state index contributed by atoms with van der Waals surface area (Å²) in [5.74, 6) is -0.595. The first kappa shape index (κ1) is 18.6.